The van der Waals surface area contributed by atoms with Gasteiger partial charge in [0.05, 0.1) is 25.4 Å². The van der Waals surface area contributed by atoms with Crippen LogP contribution < -0.4 is 4.90 Å². The van der Waals surface area contributed by atoms with Crippen LogP contribution in [0.2, 0.25) is 0 Å². The largest absolute Gasteiger partial charge is 0.462 e. The predicted octanol–water partition coefficient (Wildman–Crippen LogP) is 2.48. The molecule has 1 fully saturated rings. The number of hydrogen-bond acceptors (Lipinski definition) is 4. The van der Waals surface area contributed by atoms with Gasteiger partial charge in [-0.25, -0.2) is 4.79 Å². The fraction of sp³-hybridized carbons (Fsp3) is 0.533. The SMILES string of the molecule is CCCCOC(=O)c1ccc(N2CCOCC2)cc1. The number of hydrogen-bond donors (Lipinski definition) is 0. The molecule has 0 radical (unpaired) electrons. The van der Waals surface area contributed by atoms with Crippen molar-refractivity contribution in [2.45, 2.75) is 19.8 Å². The Hall–Kier alpha value is -1.55. The molecule has 4 nitrogen and oxygen atoms in total. The first kappa shape index (κ1) is 13.9. The number of carbonyl (C=O) groups is 1. The minimum absolute atomic E-state index is 0.234. The zero-order chi connectivity index (χ0) is 13.5. The van der Waals surface area contributed by atoms with Gasteiger partial charge in [0.25, 0.3) is 0 Å². The second-order valence-electron chi connectivity index (χ2n) is 4.64. The van der Waals surface area contributed by atoms with Crippen molar-refractivity contribution in [2.24, 2.45) is 0 Å². The molecule has 1 aromatic carbocycles. The Morgan fingerprint density at radius 3 is 2.58 bits per heavy atom. The molecule has 0 aromatic heterocycles. The second kappa shape index (κ2) is 7.14. The second-order valence-corrected chi connectivity index (χ2v) is 4.64. The van der Waals surface area contributed by atoms with Gasteiger partial charge in [0.1, 0.15) is 0 Å². The molecule has 0 spiro atoms. The van der Waals surface area contributed by atoms with Gasteiger partial charge in [-0.1, -0.05) is 13.3 Å². The van der Waals surface area contributed by atoms with Crippen molar-refractivity contribution in [3.63, 3.8) is 0 Å². The van der Waals surface area contributed by atoms with E-state index in [9.17, 15) is 4.79 Å². The van der Waals surface area contributed by atoms with Crippen molar-refractivity contribution in [2.75, 3.05) is 37.8 Å². The van der Waals surface area contributed by atoms with Crippen LogP contribution in [0.1, 0.15) is 30.1 Å². The number of ether oxygens (including phenoxy) is 2. The maximum atomic E-state index is 11.8. The topological polar surface area (TPSA) is 38.8 Å². The summed E-state index contributed by atoms with van der Waals surface area (Å²) in [5.74, 6) is -0.234. The zero-order valence-corrected chi connectivity index (χ0v) is 11.4. The zero-order valence-electron chi connectivity index (χ0n) is 11.4. The predicted molar refractivity (Wildman–Crippen MR) is 74.7 cm³/mol. The lowest BCUT2D eigenvalue weighted by molar-refractivity contribution is 0.0499. The number of benzene rings is 1. The Kier molecular flexibility index (Phi) is 5.21. The molecular formula is C15H21NO3. The molecule has 0 aliphatic carbocycles. The molecule has 1 saturated heterocycles. The summed E-state index contributed by atoms with van der Waals surface area (Å²) < 4.78 is 10.5. The fourth-order valence-electron chi connectivity index (χ4n) is 2.02. The maximum absolute atomic E-state index is 11.8. The third kappa shape index (κ3) is 3.96. The van der Waals surface area contributed by atoms with Gasteiger partial charge in [-0.05, 0) is 30.7 Å². The standard InChI is InChI=1S/C15H21NO3/c1-2-3-10-19-15(17)13-4-6-14(7-5-13)16-8-11-18-12-9-16/h4-7H,2-3,8-12H2,1H3. The van der Waals surface area contributed by atoms with Crippen LogP contribution in [0.25, 0.3) is 0 Å². The van der Waals surface area contributed by atoms with Crippen LogP contribution in [-0.4, -0.2) is 38.9 Å². The number of carbonyl (C=O) groups excluding carboxylic acids is 1. The Bertz CT molecular complexity index is 396. The third-order valence-electron chi connectivity index (χ3n) is 3.21. The molecule has 0 unspecified atom stereocenters. The summed E-state index contributed by atoms with van der Waals surface area (Å²) in [5.41, 5.74) is 1.75. The van der Waals surface area contributed by atoms with Gasteiger partial charge in [-0.2, -0.15) is 0 Å². The van der Waals surface area contributed by atoms with Crippen LogP contribution in [0.4, 0.5) is 5.69 Å². The number of unbranched alkanes of at least 4 members (excludes halogenated alkanes) is 1. The van der Waals surface area contributed by atoms with Gasteiger partial charge in [0.2, 0.25) is 0 Å². The van der Waals surface area contributed by atoms with E-state index in [1.165, 1.54) is 0 Å². The van der Waals surface area contributed by atoms with Crippen LogP contribution in [0.15, 0.2) is 24.3 Å². The van der Waals surface area contributed by atoms with Crippen LogP contribution in [0.3, 0.4) is 0 Å². The summed E-state index contributed by atoms with van der Waals surface area (Å²) in [6.07, 6.45) is 1.95. The van der Waals surface area contributed by atoms with Gasteiger partial charge in [0.15, 0.2) is 0 Å². The summed E-state index contributed by atoms with van der Waals surface area (Å²) in [6, 6.07) is 7.61. The summed E-state index contributed by atoms with van der Waals surface area (Å²) in [5, 5.41) is 0. The molecule has 1 heterocycles. The van der Waals surface area contributed by atoms with Crippen LogP contribution in [0.5, 0.6) is 0 Å². The Morgan fingerprint density at radius 1 is 1.26 bits per heavy atom. The first-order chi connectivity index (χ1) is 9.31. The number of nitrogens with zero attached hydrogens (tertiary/aromatic N) is 1. The monoisotopic (exact) mass is 263 g/mol. The van der Waals surface area contributed by atoms with E-state index in [2.05, 4.69) is 11.8 Å². The fourth-order valence-corrected chi connectivity index (χ4v) is 2.02. The van der Waals surface area contributed by atoms with E-state index >= 15 is 0 Å². The first-order valence-electron chi connectivity index (χ1n) is 6.91. The molecule has 0 atom stereocenters. The molecule has 0 N–H and O–H groups in total. The van der Waals surface area contributed by atoms with Gasteiger partial charge in [-0.15, -0.1) is 0 Å². The highest BCUT2D eigenvalue weighted by atomic mass is 16.5. The quantitative estimate of drug-likeness (QED) is 0.604. The van der Waals surface area contributed by atoms with Gasteiger partial charge in [-0.3, -0.25) is 0 Å². The average Bonchev–Trinajstić information content (AvgIpc) is 2.48. The average molecular weight is 263 g/mol. The highest BCUT2D eigenvalue weighted by Gasteiger charge is 2.12. The van der Waals surface area contributed by atoms with E-state index in [4.69, 9.17) is 9.47 Å². The van der Waals surface area contributed by atoms with Crippen molar-refractivity contribution in [3.05, 3.63) is 29.8 Å². The molecule has 1 aliphatic heterocycles. The minimum atomic E-state index is -0.234. The number of morpholine rings is 1. The van der Waals surface area contributed by atoms with Crippen LogP contribution >= 0.6 is 0 Å². The third-order valence-corrected chi connectivity index (χ3v) is 3.21. The molecular weight excluding hydrogens is 242 g/mol. The van der Waals surface area contributed by atoms with Crippen molar-refractivity contribution in [1.29, 1.82) is 0 Å². The highest BCUT2D eigenvalue weighted by Crippen LogP contribution is 2.17. The Labute approximate surface area is 114 Å². The Morgan fingerprint density at radius 2 is 1.95 bits per heavy atom. The molecule has 19 heavy (non-hydrogen) atoms. The number of rotatable bonds is 5. The van der Waals surface area contributed by atoms with Crippen molar-refractivity contribution in [3.8, 4) is 0 Å². The van der Waals surface area contributed by atoms with E-state index in [1.807, 2.05) is 24.3 Å². The van der Waals surface area contributed by atoms with E-state index in [1.54, 1.807) is 0 Å². The molecule has 1 aliphatic rings. The maximum Gasteiger partial charge on any atom is 0.338 e. The lowest BCUT2D eigenvalue weighted by Gasteiger charge is -2.28. The molecule has 1 aromatic rings. The lowest BCUT2D eigenvalue weighted by Crippen LogP contribution is -2.36. The van der Waals surface area contributed by atoms with Crippen molar-refractivity contribution >= 4 is 11.7 Å². The van der Waals surface area contributed by atoms with Crippen LogP contribution in [-0.2, 0) is 9.47 Å². The van der Waals surface area contributed by atoms with Gasteiger partial charge >= 0.3 is 5.97 Å². The number of anilines is 1. The highest BCUT2D eigenvalue weighted by molar-refractivity contribution is 5.89. The van der Waals surface area contributed by atoms with E-state index in [0.717, 1.165) is 44.8 Å². The minimum Gasteiger partial charge on any atom is -0.462 e. The molecule has 104 valence electrons. The molecule has 2 rings (SSSR count). The molecule has 0 saturated carbocycles. The first-order valence-corrected chi connectivity index (χ1v) is 6.91. The lowest BCUT2D eigenvalue weighted by atomic mass is 10.2. The summed E-state index contributed by atoms with van der Waals surface area (Å²) >= 11 is 0. The summed E-state index contributed by atoms with van der Waals surface area (Å²) in [7, 11) is 0. The normalized spacial score (nSPS) is 15.3. The van der Waals surface area contributed by atoms with Gasteiger partial charge in [0, 0.05) is 18.8 Å². The van der Waals surface area contributed by atoms with E-state index in [0.29, 0.717) is 12.2 Å². The van der Waals surface area contributed by atoms with Crippen molar-refractivity contribution in [1.82, 2.24) is 0 Å². The summed E-state index contributed by atoms with van der Waals surface area (Å²) in [4.78, 5) is 14.0. The van der Waals surface area contributed by atoms with Gasteiger partial charge < -0.3 is 14.4 Å². The molecule has 4 heteroatoms. The molecule has 0 amide bonds. The molecule has 0 bridgehead atoms. The van der Waals surface area contributed by atoms with E-state index in [-0.39, 0.29) is 5.97 Å². The smallest absolute Gasteiger partial charge is 0.338 e. The van der Waals surface area contributed by atoms with E-state index < -0.39 is 0 Å². The van der Waals surface area contributed by atoms with Crippen LogP contribution in [0, 0.1) is 0 Å². The van der Waals surface area contributed by atoms with Crippen molar-refractivity contribution < 1.29 is 14.3 Å². The number of esters is 1. The summed E-state index contributed by atoms with van der Waals surface area (Å²) in [6.45, 7) is 5.91. The Balaban J connectivity index is 1.91.